The monoisotopic (exact) mass is 395 g/mol. The van der Waals surface area contributed by atoms with Crippen molar-refractivity contribution in [3.63, 3.8) is 0 Å². The highest BCUT2D eigenvalue weighted by atomic mass is 19.5. The predicted octanol–water partition coefficient (Wildman–Crippen LogP) is 7.44. The molecule has 0 aromatic rings. The Morgan fingerprint density at radius 2 is 1.04 bits per heavy atom. The molecule has 0 unspecified atom stereocenters. The van der Waals surface area contributed by atoms with Gasteiger partial charge < -0.3 is 27.1 Å². The third-order valence-electron chi connectivity index (χ3n) is 4.74. The molecule has 0 saturated carbocycles. The van der Waals surface area contributed by atoms with E-state index in [1.54, 1.807) is 0 Å². The van der Waals surface area contributed by atoms with E-state index in [0.29, 0.717) is 0 Å². The lowest BCUT2D eigenvalue weighted by Gasteiger charge is -2.17. The highest BCUT2D eigenvalue weighted by Gasteiger charge is 2.20. The first-order valence-corrected chi connectivity index (χ1v) is 10.8. The lowest BCUT2D eigenvalue weighted by molar-refractivity contribution is 0.290. The van der Waals surface area contributed by atoms with Crippen LogP contribution in [0.3, 0.4) is 0 Å². The SMILES string of the molecule is CCCCCCCCCCCCCCCCN1C=CN(C)C1.F[B-](F)(F)F. The van der Waals surface area contributed by atoms with E-state index >= 15 is 0 Å². The van der Waals surface area contributed by atoms with Gasteiger partial charge in [-0.15, -0.1) is 0 Å². The van der Waals surface area contributed by atoms with Crippen LogP contribution in [0.4, 0.5) is 17.3 Å². The van der Waals surface area contributed by atoms with Gasteiger partial charge in [0.25, 0.3) is 0 Å². The summed E-state index contributed by atoms with van der Waals surface area (Å²) in [6.45, 7) is 4.61. The lowest BCUT2D eigenvalue weighted by atomic mass is 10.0. The molecule has 0 N–H and O–H groups in total. The van der Waals surface area contributed by atoms with Gasteiger partial charge in [0.2, 0.25) is 0 Å². The molecule has 2 nitrogen and oxygen atoms in total. The van der Waals surface area contributed by atoms with Crippen LogP contribution in [-0.2, 0) is 0 Å². The third kappa shape index (κ3) is 23.1. The van der Waals surface area contributed by atoms with Crippen LogP contribution >= 0.6 is 0 Å². The average molecular weight is 395 g/mol. The van der Waals surface area contributed by atoms with E-state index < -0.39 is 7.25 Å². The zero-order valence-electron chi connectivity index (χ0n) is 17.5. The zero-order chi connectivity index (χ0) is 20.4. The van der Waals surface area contributed by atoms with Crippen molar-refractivity contribution < 1.29 is 17.3 Å². The van der Waals surface area contributed by atoms with E-state index in [1.165, 1.54) is 96.4 Å². The number of nitrogens with zero attached hydrogens (tertiary/aromatic N) is 2. The number of rotatable bonds is 15. The van der Waals surface area contributed by atoms with E-state index in [1.807, 2.05) is 0 Å². The molecular formula is C20H40BF4N2-. The number of hydrogen-bond donors (Lipinski definition) is 0. The summed E-state index contributed by atoms with van der Waals surface area (Å²) in [5.74, 6) is 0. The van der Waals surface area contributed by atoms with Gasteiger partial charge in [0.05, 0.1) is 6.67 Å². The molecule has 0 atom stereocenters. The Kier molecular flexibility index (Phi) is 16.7. The molecule has 0 aromatic heterocycles. The van der Waals surface area contributed by atoms with Crippen molar-refractivity contribution in [1.82, 2.24) is 9.80 Å². The van der Waals surface area contributed by atoms with E-state index in [0.717, 1.165) is 6.67 Å². The molecule has 0 fully saturated rings. The van der Waals surface area contributed by atoms with Crippen molar-refractivity contribution in [2.24, 2.45) is 0 Å². The molecule has 1 rings (SSSR count). The van der Waals surface area contributed by atoms with Crippen LogP contribution in [0.1, 0.15) is 96.8 Å². The summed E-state index contributed by atoms with van der Waals surface area (Å²) < 4.78 is 39.0. The molecule has 1 heterocycles. The van der Waals surface area contributed by atoms with E-state index in [-0.39, 0.29) is 0 Å². The summed E-state index contributed by atoms with van der Waals surface area (Å²) >= 11 is 0. The van der Waals surface area contributed by atoms with Gasteiger partial charge in [0, 0.05) is 26.0 Å². The molecule has 0 saturated heterocycles. The summed E-state index contributed by atoms with van der Waals surface area (Å²) in [5.41, 5.74) is 0. The topological polar surface area (TPSA) is 6.48 Å². The number of unbranched alkanes of at least 4 members (excludes halogenated alkanes) is 13. The Balaban J connectivity index is 0.00000119. The Morgan fingerprint density at radius 1 is 0.667 bits per heavy atom. The minimum Gasteiger partial charge on any atom is -0.418 e. The minimum absolute atomic E-state index is 1.08. The van der Waals surface area contributed by atoms with E-state index in [4.69, 9.17) is 0 Å². The summed E-state index contributed by atoms with van der Waals surface area (Å²) in [5, 5.41) is 0. The Hall–Kier alpha value is -0.875. The molecule has 0 aliphatic carbocycles. The Labute approximate surface area is 164 Å². The molecule has 162 valence electrons. The molecule has 1 aliphatic rings. The van der Waals surface area contributed by atoms with Crippen LogP contribution in [0.25, 0.3) is 0 Å². The van der Waals surface area contributed by atoms with Gasteiger partial charge in [-0.2, -0.15) is 0 Å². The highest BCUT2D eigenvalue weighted by Crippen LogP contribution is 2.13. The van der Waals surface area contributed by atoms with Gasteiger partial charge >= 0.3 is 7.25 Å². The molecule has 0 radical (unpaired) electrons. The van der Waals surface area contributed by atoms with Gasteiger partial charge in [-0.05, 0) is 6.42 Å². The van der Waals surface area contributed by atoms with Crippen LogP contribution in [0.15, 0.2) is 12.4 Å². The van der Waals surface area contributed by atoms with Gasteiger partial charge in [-0.1, -0.05) is 90.4 Å². The predicted molar refractivity (Wildman–Crippen MR) is 109 cm³/mol. The first-order chi connectivity index (χ1) is 12.8. The molecule has 1 aliphatic heterocycles. The lowest BCUT2D eigenvalue weighted by Crippen LogP contribution is -2.23. The summed E-state index contributed by atoms with van der Waals surface area (Å²) in [7, 11) is -3.86. The molecule has 27 heavy (non-hydrogen) atoms. The van der Waals surface area contributed by atoms with Crippen LogP contribution in [0.2, 0.25) is 0 Å². The van der Waals surface area contributed by atoms with Crippen molar-refractivity contribution in [3.05, 3.63) is 12.4 Å². The maximum Gasteiger partial charge on any atom is 0.673 e. The maximum absolute atomic E-state index is 9.75. The highest BCUT2D eigenvalue weighted by molar-refractivity contribution is 6.50. The van der Waals surface area contributed by atoms with E-state index in [2.05, 4.69) is 36.2 Å². The first kappa shape index (κ1) is 26.1. The van der Waals surface area contributed by atoms with Gasteiger partial charge in [0.1, 0.15) is 0 Å². The van der Waals surface area contributed by atoms with Crippen LogP contribution in [0.5, 0.6) is 0 Å². The fourth-order valence-corrected chi connectivity index (χ4v) is 3.24. The van der Waals surface area contributed by atoms with Gasteiger partial charge in [-0.25, -0.2) is 0 Å². The standard InChI is InChI=1S/C20H40N2.BF4/c1-3-4-5-6-7-8-9-10-11-12-13-14-15-16-17-22-19-18-21(2)20-22;2-1(3,4)5/h18-19H,3-17,20H2,1-2H3;/q;-1. The summed E-state index contributed by atoms with van der Waals surface area (Å²) in [4.78, 5) is 4.66. The van der Waals surface area contributed by atoms with Crippen LogP contribution < -0.4 is 0 Å². The van der Waals surface area contributed by atoms with Crippen molar-refractivity contribution in [2.75, 3.05) is 20.3 Å². The first-order valence-electron chi connectivity index (χ1n) is 10.8. The maximum atomic E-state index is 9.75. The second kappa shape index (κ2) is 17.2. The molecule has 0 aromatic carbocycles. The minimum atomic E-state index is -6.00. The fourth-order valence-electron chi connectivity index (χ4n) is 3.24. The molecule has 0 amide bonds. The van der Waals surface area contributed by atoms with Crippen molar-refractivity contribution >= 4 is 7.25 Å². The van der Waals surface area contributed by atoms with E-state index in [9.17, 15) is 17.3 Å². The largest absolute Gasteiger partial charge is 0.673 e. The van der Waals surface area contributed by atoms with Crippen molar-refractivity contribution in [1.29, 1.82) is 0 Å². The molecule has 0 spiro atoms. The normalized spacial score (nSPS) is 13.9. The Bertz CT molecular complexity index is 345. The van der Waals surface area contributed by atoms with Crippen LogP contribution in [-0.4, -0.2) is 37.3 Å². The van der Waals surface area contributed by atoms with Crippen LogP contribution in [0, 0.1) is 0 Å². The Morgan fingerprint density at radius 3 is 1.37 bits per heavy atom. The zero-order valence-corrected chi connectivity index (χ0v) is 17.5. The summed E-state index contributed by atoms with van der Waals surface area (Å²) in [6, 6.07) is 0. The molecule has 7 heteroatoms. The van der Waals surface area contributed by atoms with Crippen molar-refractivity contribution in [2.45, 2.75) is 96.8 Å². The third-order valence-corrected chi connectivity index (χ3v) is 4.74. The van der Waals surface area contributed by atoms with Gasteiger partial charge in [0.15, 0.2) is 0 Å². The number of halogens is 4. The molecular weight excluding hydrogens is 355 g/mol. The second-order valence-corrected chi connectivity index (χ2v) is 7.60. The van der Waals surface area contributed by atoms with Gasteiger partial charge in [-0.3, -0.25) is 0 Å². The van der Waals surface area contributed by atoms with Crippen molar-refractivity contribution in [3.8, 4) is 0 Å². The average Bonchev–Trinajstić information content (AvgIpc) is 2.99. The number of hydrogen-bond acceptors (Lipinski definition) is 2. The second-order valence-electron chi connectivity index (χ2n) is 7.60. The quantitative estimate of drug-likeness (QED) is 0.161. The molecule has 0 bridgehead atoms. The smallest absolute Gasteiger partial charge is 0.418 e. The fraction of sp³-hybridized carbons (Fsp3) is 0.900. The summed E-state index contributed by atoms with van der Waals surface area (Å²) in [6.07, 6.45) is 24.6.